The van der Waals surface area contributed by atoms with Crippen LogP contribution in [0.15, 0.2) is 48.6 Å². The Kier molecular flexibility index (Phi) is 7.41. The first-order valence-electron chi connectivity index (χ1n) is 14.0. The number of nitrogens with one attached hydrogen (secondary N) is 1. The second-order valence-corrected chi connectivity index (χ2v) is 13.3. The number of amides is 1. The van der Waals surface area contributed by atoms with Crippen molar-refractivity contribution in [3.8, 4) is 5.75 Å². The second-order valence-electron chi connectivity index (χ2n) is 11.7. The van der Waals surface area contributed by atoms with Crippen LogP contribution >= 0.6 is 23.5 Å². The van der Waals surface area contributed by atoms with E-state index in [1.165, 1.54) is 23.1 Å². The summed E-state index contributed by atoms with van der Waals surface area (Å²) in [5.74, 6) is 1.47. The van der Waals surface area contributed by atoms with Crippen molar-refractivity contribution in [2.75, 3.05) is 24.6 Å². The van der Waals surface area contributed by atoms with Gasteiger partial charge in [-0.05, 0) is 110 Å². The van der Waals surface area contributed by atoms with Crippen LogP contribution < -0.4 is 14.4 Å². The molecular weight excluding hydrogens is 516 g/mol. The average molecular weight is 553 g/mol. The Morgan fingerprint density at radius 2 is 2.03 bits per heavy atom. The number of hydrogen-bond donors (Lipinski definition) is 2. The van der Waals surface area contributed by atoms with Crippen molar-refractivity contribution in [3.63, 3.8) is 0 Å². The molecule has 38 heavy (non-hydrogen) atoms. The molecule has 2 bridgehead atoms. The first-order chi connectivity index (χ1) is 18.4. The smallest absolute Gasteiger partial charge is 0.261 e. The summed E-state index contributed by atoms with van der Waals surface area (Å²) < 4.78 is 9.62. The summed E-state index contributed by atoms with van der Waals surface area (Å²) >= 11 is 7.85. The topological polar surface area (TPSA) is 61.8 Å². The average Bonchev–Trinajstić information content (AvgIpc) is 3.04. The number of benzene rings is 2. The van der Waals surface area contributed by atoms with E-state index in [0.717, 1.165) is 68.1 Å². The zero-order chi connectivity index (χ0) is 26.3. The molecule has 202 valence electrons. The summed E-state index contributed by atoms with van der Waals surface area (Å²) in [6.45, 7) is 4.39. The van der Waals surface area contributed by atoms with E-state index in [1.807, 2.05) is 24.3 Å². The fraction of sp³-hybridized carbons (Fsp3) is 0.516. The zero-order valence-corrected chi connectivity index (χ0v) is 23.6. The lowest BCUT2D eigenvalue weighted by Crippen LogP contribution is -2.49. The number of anilines is 1. The molecular formula is C31H37ClN2O3S. The van der Waals surface area contributed by atoms with Gasteiger partial charge < -0.3 is 14.7 Å². The molecule has 2 heterocycles. The molecule has 2 aromatic rings. The lowest BCUT2D eigenvalue weighted by atomic mass is 9.68. The Morgan fingerprint density at radius 1 is 1.16 bits per heavy atom. The molecule has 0 saturated heterocycles. The normalized spacial score (nSPS) is 32.2. The number of nitrogens with zero attached hydrogens (tertiary/aromatic N) is 1. The largest absolute Gasteiger partial charge is 0.490 e. The fourth-order valence-electron chi connectivity index (χ4n) is 6.83. The minimum Gasteiger partial charge on any atom is -0.490 e. The third-order valence-corrected chi connectivity index (χ3v) is 10.2. The molecule has 2 aliphatic heterocycles. The van der Waals surface area contributed by atoms with Gasteiger partial charge in [-0.1, -0.05) is 36.7 Å². The molecule has 4 aliphatic rings. The third kappa shape index (κ3) is 5.07. The summed E-state index contributed by atoms with van der Waals surface area (Å²) in [4.78, 5) is 15.6. The summed E-state index contributed by atoms with van der Waals surface area (Å²) in [6.07, 6.45) is 10.8. The molecule has 0 unspecified atom stereocenters. The van der Waals surface area contributed by atoms with Crippen LogP contribution in [0, 0.1) is 11.8 Å². The van der Waals surface area contributed by atoms with Gasteiger partial charge in [0.2, 0.25) is 0 Å². The highest BCUT2D eigenvalue weighted by Crippen LogP contribution is 2.46. The van der Waals surface area contributed by atoms with Crippen molar-refractivity contribution in [1.29, 1.82) is 0 Å². The highest BCUT2D eigenvalue weighted by Gasteiger charge is 2.44. The van der Waals surface area contributed by atoms with Crippen LogP contribution in [0.5, 0.6) is 5.75 Å². The van der Waals surface area contributed by atoms with Crippen LogP contribution in [0.2, 0.25) is 5.02 Å². The summed E-state index contributed by atoms with van der Waals surface area (Å²) in [5, 5.41) is 12.1. The SMILES string of the molecule is C[C@H]1C/C=C\C[C@H](O)[C@@H]2CC[C@H]2CN2C[C@@]3(CCCc4cc(Cl)ccc43)COc3ccc(cc32)C(=O)NS1. The first-order valence-corrected chi connectivity index (χ1v) is 15.3. The molecule has 1 saturated carbocycles. The number of aliphatic hydroxyl groups excluding tert-OH is 1. The van der Waals surface area contributed by atoms with Gasteiger partial charge in [-0.15, -0.1) is 0 Å². The van der Waals surface area contributed by atoms with Crippen molar-refractivity contribution in [2.24, 2.45) is 11.8 Å². The van der Waals surface area contributed by atoms with E-state index in [2.05, 4.69) is 40.8 Å². The zero-order valence-electron chi connectivity index (χ0n) is 22.0. The van der Waals surface area contributed by atoms with E-state index in [-0.39, 0.29) is 22.7 Å². The number of hydrogen-bond acceptors (Lipinski definition) is 5. The molecule has 0 radical (unpaired) electrons. The predicted molar refractivity (Wildman–Crippen MR) is 155 cm³/mol. The fourth-order valence-corrected chi connectivity index (χ4v) is 7.65. The summed E-state index contributed by atoms with van der Waals surface area (Å²) in [5.41, 5.74) is 4.15. The molecule has 1 spiro atoms. The minimum atomic E-state index is -0.318. The number of aryl methyl sites for hydroxylation is 1. The van der Waals surface area contributed by atoms with Crippen LogP contribution in [-0.2, 0) is 11.8 Å². The van der Waals surface area contributed by atoms with Gasteiger partial charge in [-0.3, -0.25) is 9.52 Å². The Balaban J connectivity index is 1.39. The highest BCUT2D eigenvalue weighted by molar-refractivity contribution is 7.98. The van der Waals surface area contributed by atoms with Gasteiger partial charge >= 0.3 is 0 Å². The van der Waals surface area contributed by atoms with E-state index < -0.39 is 0 Å². The first kappa shape index (κ1) is 26.1. The molecule has 7 heteroatoms. The van der Waals surface area contributed by atoms with Crippen molar-refractivity contribution < 1.29 is 14.6 Å². The molecule has 2 aromatic carbocycles. The Labute approximate surface area is 235 Å². The van der Waals surface area contributed by atoms with Gasteiger partial charge in [0, 0.05) is 34.3 Å². The quantitative estimate of drug-likeness (QED) is 0.296. The maximum Gasteiger partial charge on any atom is 0.261 e. The van der Waals surface area contributed by atoms with E-state index in [4.69, 9.17) is 16.3 Å². The van der Waals surface area contributed by atoms with Gasteiger partial charge in [0.05, 0.1) is 18.4 Å². The molecule has 2 aliphatic carbocycles. The van der Waals surface area contributed by atoms with Gasteiger partial charge in [0.1, 0.15) is 5.75 Å². The second kappa shape index (κ2) is 10.8. The Morgan fingerprint density at radius 3 is 2.87 bits per heavy atom. The Hall–Kier alpha value is -2.15. The highest BCUT2D eigenvalue weighted by atomic mass is 35.5. The van der Waals surface area contributed by atoms with Crippen molar-refractivity contribution in [2.45, 2.75) is 68.6 Å². The maximum absolute atomic E-state index is 13.1. The van der Waals surface area contributed by atoms with Crippen LogP contribution in [-0.4, -0.2) is 42.1 Å². The van der Waals surface area contributed by atoms with E-state index >= 15 is 0 Å². The standard InChI is InChI=1S/C31H37ClN2O3S/c1-20-5-2-3-7-28(35)25-11-8-23(25)17-34-18-31(14-4-6-21-15-24(32)10-12-26(21)31)19-37-29-13-9-22(16-27(29)34)30(36)33-38-20/h2-3,9-10,12-13,15-16,20,23,25,28,35H,4-8,11,14,17-19H2,1H3,(H,33,36)/b3-2-/t20-,23-,25+,28-,31-/m0/s1. The van der Waals surface area contributed by atoms with E-state index in [0.29, 0.717) is 30.4 Å². The third-order valence-electron chi connectivity index (χ3n) is 9.09. The van der Waals surface area contributed by atoms with Gasteiger partial charge in [-0.2, -0.15) is 0 Å². The lowest BCUT2D eigenvalue weighted by molar-refractivity contribution is 0.0177. The van der Waals surface area contributed by atoms with Crippen molar-refractivity contribution >= 4 is 35.1 Å². The molecule has 1 fully saturated rings. The number of carbonyl (C=O) groups excluding carboxylic acids is 1. The maximum atomic E-state index is 13.1. The van der Waals surface area contributed by atoms with Crippen LogP contribution in [0.1, 0.15) is 66.9 Å². The number of aliphatic hydroxyl groups is 1. The van der Waals surface area contributed by atoms with Crippen LogP contribution in [0.4, 0.5) is 5.69 Å². The molecule has 2 N–H and O–H groups in total. The Bertz CT molecular complexity index is 1240. The molecule has 5 atom stereocenters. The number of fused-ring (bicyclic) bond motifs is 4. The number of allylic oxidation sites excluding steroid dienone is 1. The van der Waals surface area contributed by atoms with E-state index in [9.17, 15) is 9.90 Å². The van der Waals surface area contributed by atoms with E-state index in [1.54, 1.807) is 0 Å². The van der Waals surface area contributed by atoms with Gasteiger partial charge in [-0.25, -0.2) is 0 Å². The summed E-state index contributed by atoms with van der Waals surface area (Å²) in [6, 6.07) is 12.2. The molecule has 0 aromatic heterocycles. The molecule has 5 nitrogen and oxygen atoms in total. The van der Waals surface area contributed by atoms with Crippen molar-refractivity contribution in [3.05, 3.63) is 70.3 Å². The van der Waals surface area contributed by atoms with Crippen LogP contribution in [0.3, 0.4) is 0 Å². The number of carbonyl (C=O) groups is 1. The number of halogens is 1. The number of ether oxygens (including phenoxy) is 1. The minimum absolute atomic E-state index is 0.0748. The predicted octanol–water partition coefficient (Wildman–Crippen LogP) is 6.32. The van der Waals surface area contributed by atoms with Gasteiger partial charge in [0.15, 0.2) is 0 Å². The summed E-state index contributed by atoms with van der Waals surface area (Å²) in [7, 11) is 0. The van der Waals surface area contributed by atoms with Gasteiger partial charge in [0.25, 0.3) is 5.91 Å². The lowest BCUT2D eigenvalue weighted by Gasteiger charge is -2.45. The monoisotopic (exact) mass is 552 g/mol. The van der Waals surface area contributed by atoms with Crippen molar-refractivity contribution in [1.82, 2.24) is 4.72 Å². The molecule has 1 amide bonds. The van der Waals surface area contributed by atoms with Crippen LogP contribution in [0.25, 0.3) is 0 Å². The molecule has 6 rings (SSSR count). The number of rotatable bonds is 0.